The Hall–Kier alpha value is -1.93. The molecule has 1 aromatic rings. The van der Waals surface area contributed by atoms with Gasteiger partial charge in [-0.2, -0.15) is 0 Å². The van der Waals surface area contributed by atoms with E-state index in [1.165, 1.54) is 17.8 Å². The highest BCUT2D eigenvalue weighted by atomic mass is 32.1. The molecule has 2 bridgehead atoms. The zero-order valence-electron chi connectivity index (χ0n) is 16.9. The summed E-state index contributed by atoms with van der Waals surface area (Å²) in [5, 5.41) is 16.3. The molecular weight excluding hydrogens is 404 g/mol. The van der Waals surface area contributed by atoms with Crippen LogP contribution in [0.5, 0.6) is 0 Å². The Labute approximate surface area is 179 Å². The van der Waals surface area contributed by atoms with Crippen molar-refractivity contribution in [2.45, 2.75) is 82.5 Å². The maximum atomic E-state index is 13.2. The summed E-state index contributed by atoms with van der Waals surface area (Å²) in [5.74, 6) is -2.93. The summed E-state index contributed by atoms with van der Waals surface area (Å²) < 4.78 is 5.74. The second-order valence-corrected chi connectivity index (χ2v) is 10.1. The molecule has 8 heteroatoms. The second kappa shape index (κ2) is 7.96. The van der Waals surface area contributed by atoms with Crippen LogP contribution in [0.15, 0.2) is 0 Å². The van der Waals surface area contributed by atoms with E-state index in [1.54, 1.807) is 0 Å². The van der Waals surface area contributed by atoms with Crippen molar-refractivity contribution in [3.05, 3.63) is 16.0 Å². The summed E-state index contributed by atoms with van der Waals surface area (Å²) in [6.07, 6.45) is 8.97. The lowest BCUT2D eigenvalue weighted by Crippen LogP contribution is -2.41. The van der Waals surface area contributed by atoms with E-state index in [0.717, 1.165) is 55.4 Å². The number of nitrogens with one attached hydrogen (secondary N) is 2. The smallest absolute Gasteiger partial charge is 0.310 e. The van der Waals surface area contributed by atoms with Crippen LogP contribution in [0.4, 0.5) is 5.00 Å². The minimum absolute atomic E-state index is 0.101. The number of aryl methyl sites for hydroxylation is 1. The first-order chi connectivity index (χ1) is 14.5. The molecule has 30 heavy (non-hydrogen) atoms. The summed E-state index contributed by atoms with van der Waals surface area (Å²) in [5.41, 5.74) is 1.66. The van der Waals surface area contributed by atoms with Crippen molar-refractivity contribution in [2.75, 3.05) is 5.32 Å². The molecule has 1 saturated carbocycles. The van der Waals surface area contributed by atoms with E-state index in [9.17, 15) is 19.5 Å². The topological polar surface area (TPSA) is 105 Å². The van der Waals surface area contributed by atoms with Crippen LogP contribution in [-0.4, -0.2) is 41.1 Å². The number of anilines is 1. The maximum Gasteiger partial charge on any atom is 0.310 e. The number of carbonyl (C=O) groups is 3. The highest BCUT2D eigenvalue weighted by Gasteiger charge is 2.55. The summed E-state index contributed by atoms with van der Waals surface area (Å²) in [7, 11) is 0. The maximum absolute atomic E-state index is 13.2. The van der Waals surface area contributed by atoms with Crippen LogP contribution in [-0.2, 0) is 27.2 Å². The molecule has 2 aliphatic heterocycles. The number of carbonyl (C=O) groups excluding carboxylic acids is 2. The predicted octanol–water partition coefficient (Wildman–Crippen LogP) is 3.12. The van der Waals surface area contributed by atoms with Gasteiger partial charge in [0.2, 0.25) is 5.91 Å². The van der Waals surface area contributed by atoms with Crippen LogP contribution < -0.4 is 10.6 Å². The Morgan fingerprint density at radius 3 is 2.40 bits per heavy atom. The normalized spacial score (nSPS) is 30.3. The molecule has 2 aliphatic carbocycles. The number of fused-ring (bicyclic) bond motifs is 3. The Balaban J connectivity index is 1.37. The average Bonchev–Trinajstić information content (AvgIpc) is 3.48. The fraction of sp³-hybridized carbons (Fsp3) is 0.682. The largest absolute Gasteiger partial charge is 0.481 e. The highest BCUT2D eigenvalue weighted by Crippen LogP contribution is 2.45. The third-order valence-corrected chi connectivity index (χ3v) is 8.39. The molecule has 162 valence electrons. The number of hydrogen-bond acceptors (Lipinski definition) is 5. The molecule has 5 rings (SSSR count). The second-order valence-electron chi connectivity index (χ2n) is 9.04. The Morgan fingerprint density at radius 2 is 1.67 bits per heavy atom. The van der Waals surface area contributed by atoms with E-state index >= 15 is 0 Å². The molecule has 3 fully saturated rings. The molecule has 1 aromatic heterocycles. The molecule has 4 aliphatic rings. The molecule has 3 N–H and O–H groups in total. The molecule has 0 radical (unpaired) electrons. The third-order valence-electron chi connectivity index (χ3n) is 7.19. The number of carboxylic acid groups (broad SMARTS) is 1. The van der Waals surface area contributed by atoms with Gasteiger partial charge in [-0.3, -0.25) is 14.4 Å². The summed E-state index contributed by atoms with van der Waals surface area (Å²) in [6, 6.07) is 0.196. The van der Waals surface area contributed by atoms with Crippen LogP contribution in [0.3, 0.4) is 0 Å². The molecule has 7 nitrogen and oxygen atoms in total. The van der Waals surface area contributed by atoms with Crippen molar-refractivity contribution < 1.29 is 24.2 Å². The van der Waals surface area contributed by atoms with Crippen molar-refractivity contribution in [1.29, 1.82) is 0 Å². The van der Waals surface area contributed by atoms with Gasteiger partial charge in [0, 0.05) is 10.9 Å². The van der Waals surface area contributed by atoms with Crippen molar-refractivity contribution in [2.24, 2.45) is 11.8 Å². The van der Waals surface area contributed by atoms with E-state index in [-0.39, 0.29) is 30.1 Å². The van der Waals surface area contributed by atoms with Gasteiger partial charge in [0.15, 0.2) is 0 Å². The van der Waals surface area contributed by atoms with E-state index in [0.29, 0.717) is 23.4 Å². The van der Waals surface area contributed by atoms with Crippen LogP contribution in [0, 0.1) is 11.8 Å². The standard InChI is InChI=1S/C22H28N2O5S/c25-19(23-11-5-2-1-3-6-11)16-12-7-4-8-15(12)30-21(16)24-20(26)17-13-9-10-14(29-13)18(17)22(27)28/h11,13-14,17-18H,1-10H2,(H,23,25)(H,24,26)(H,27,28)/t13-,14+,17+,18+/m1/s1. The molecule has 0 aromatic carbocycles. The first-order valence-corrected chi connectivity index (χ1v) is 12.0. The van der Waals surface area contributed by atoms with Crippen LogP contribution in [0.2, 0.25) is 0 Å². The van der Waals surface area contributed by atoms with Gasteiger partial charge in [-0.05, 0) is 50.5 Å². The summed E-state index contributed by atoms with van der Waals surface area (Å²) >= 11 is 1.47. The quantitative estimate of drug-likeness (QED) is 0.663. The SMILES string of the molecule is O=C(NC1CCCCC1)c1c(NC(=O)[C@@H]2[C@@H](C(=O)O)[C@@H]3CC[C@H]2O3)sc2c1CCC2. The number of amides is 2. The first kappa shape index (κ1) is 20.0. The van der Waals surface area contributed by atoms with Crippen LogP contribution in [0.25, 0.3) is 0 Å². The van der Waals surface area contributed by atoms with Gasteiger partial charge in [-0.25, -0.2) is 0 Å². The van der Waals surface area contributed by atoms with Crippen molar-refractivity contribution in [3.63, 3.8) is 0 Å². The van der Waals surface area contributed by atoms with Crippen molar-refractivity contribution >= 4 is 34.1 Å². The molecule has 2 saturated heterocycles. The lowest BCUT2D eigenvalue weighted by molar-refractivity contribution is -0.147. The number of aliphatic carboxylic acids is 1. The van der Waals surface area contributed by atoms with Gasteiger partial charge < -0.3 is 20.5 Å². The predicted molar refractivity (Wildman–Crippen MR) is 112 cm³/mol. The number of hydrogen-bond donors (Lipinski definition) is 3. The third kappa shape index (κ3) is 3.43. The fourth-order valence-electron chi connectivity index (χ4n) is 5.76. The van der Waals surface area contributed by atoms with Crippen molar-refractivity contribution in [3.8, 4) is 0 Å². The number of carboxylic acids is 1. The molecule has 3 heterocycles. The van der Waals surface area contributed by atoms with Crippen LogP contribution >= 0.6 is 11.3 Å². The fourth-order valence-corrected chi connectivity index (χ4v) is 7.05. The average molecular weight is 433 g/mol. The molecule has 0 spiro atoms. The van der Waals surface area contributed by atoms with Gasteiger partial charge in [0.1, 0.15) is 5.00 Å². The highest BCUT2D eigenvalue weighted by molar-refractivity contribution is 7.17. The van der Waals surface area contributed by atoms with Crippen LogP contribution in [0.1, 0.15) is 72.2 Å². The minimum atomic E-state index is -0.980. The Kier molecular flexibility index (Phi) is 5.31. The van der Waals surface area contributed by atoms with Gasteiger partial charge >= 0.3 is 5.97 Å². The zero-order chi connectivity index (χ0) is 20.8. The lowest BCUT2D eigenvalue weighted by atomic mass is 9.79. The Bertz CT molecular complexity index is 875. The van der Waals surface area contributed by atoms with E-state index < -0.39 is 17.8 Å². The Morgan fingerprint density at radius 1 is 0.933 bits per heavy atom. The summed E-state index contributed by atoms with van der Waals surface area (Å²) in [6.45, 7) is 0. The number of thiophene rings is 1. The lowest BCUT2D eigenvalue weighted by Gasteiger charge is -2.24. The van der Waals surface area contributed by atoms with Gasteiger partial charge in [-0.15, -0.1) is 11.3 Å². The summed E-state index contributed by atoms with van der Waals surface area (Å²) in [4.78, 5) is 39.2. The van der Waals surface area contributed by atoms with Gasteiger partial charge in [0.05, 0.1) is 29.6 Å². The molecule has 4 atom stereocenters. The monoisotopic (exact) mass is 432 g/mol. The number of ether oxygens (including phenoxy) is 1. The molecular formula is C22H28N2O5S. The molecule has 0 unspecified atom stereocenters. The zero-order valence-corrected chi connectivity index (χ0v) is 17.8. The van der Waals surface area contributed by atoms with Crippen molar-refractivity contribution in [1.82, 2.24) is 5.32 Å². The van der Waals surface area contributed by atoms with Gasteiger partial charge in [-0.1, -0.05) is 19.3 Å². The first-order valence-electron chi connectivity index (χ1n) is 11.2. The van der Waals surface area contributed by atoms with E-state index in [1.807, 2.05) is 0 Å². The number of rotatable bonds is 5. The van der Waals surface area contributed by atoms with Gasteiger partial charge in [0.25, 0.3) is 5.91 Å². The minimum Gasteiger partial charge on any atom is -0.481 e. The molecule has 2 amide bonds. The van der Waals surface area contributed by atoms with E-state index in [2.05, 4.69) is 10.6 Å². The van der Waals surface area contributed by atoms with E-state index in [4.69, 9.17) is 4.74 Å².